The third kappa shape index (κ3) is 3.27. The Labute approximate surface area is 108 Å². The van der Waals surface area contributed by atoms with E-state index in [1.807, 2.05) is 0 Å². The van der Waals surface area contributed by atoms with E-state index in [-0.39, 0.29) is 10.6 Å². The molecular formula is C12H10F2N2O2S. The third-order valence-electron chi connectivity index (χ3n) is 2.39. The zero-order valence-corrected chi connectivity index (χ0v) is 10.4. The molecule has 0 radical (unpaired) electrons. The van der Waals surface area contributed by atoms with Gasteiger partial charge in [-0.15, -0.1) is 0 Å². The average molecular weight is 284 g/mol. The number of sulfonamides is 1. The summed E-state index contributed by atoms with van der Waals surface area (Å²) in [5.41, 5.74) is 0.544. The Balaban J connectivity index is 2.25. The first-order valence-electron chi connectivity index (χ1n) is 5.21. The van der Waals surface area contributed by atoms with Gasteiger partial charge in [-0.3, -0.25) is 0 Å². The van der Waals surface area contributed by atoms with E-state index >= 15 is 0 Å². The van der Waals surface area contributed by atoms with Gasteiger partial charge in [-0.2, -0.15) is 0 Å². The van der Waals surface area contributed by atoms with Gasteiger partial charge in [0.2, 0.25) is 10.0 Å². The number of primary sulfonamides is 1. The van der Waals surface area contributed by atoms with Crippen molar-refractivity contribution in [2.75, 3.05) is 5.32 Å². The van der Waals surface area contributed by atoms with E-state index in [9.17, 15) is 17.2 Å². The maximum absolute atomic E-state index is 13.4. The lowest BCUT2D eigenvalue weighted by molar-refractivity contribution is 0.586. The SMILES string of the molecule is NS(=O)(=O)c1ccc(Nc2ccc(F)cc2F)cc1. The fraction of sp³-hybridized carbons (Fsp3) is 0. The Morgan fingerprint density at radius 2 is 1.63 bits per heavy atom. The zero-order chi connectivity index (χ0) is 14.0. The number of nitrogens with two attached hydrogens (primary N) is 1. The minimum atomic E-state index is -3.76. The van der Waals surface area contributed by atoms with Gasteiger partial charge in [-0.05, 0) is 36.4 Å². The monoisotopic (exact) mass is 284 g/mol. The molecule has 0 saturated heterocycles. The fourth-order valence-electron chi connectivity index (χ4n) is 1.47. The van der Waals surface area contributed by atoms with Crippen molar-refractivity contribution >= 4 is 21.4 Å². The lowest BCUT2D eigenvalue weighted by atomic mass is 10.2. The maximum atomic E-state index is 13.4. The molecule has 3 N–H and O–H groups in total. The molecule has 0 fully saturated rings. The molecule has 7 heteroatoms. The van der Waals surface area contributed by atoms with Crippen LogP contribution in [0.15, 0.2) is 47.4 Å². The minimum Gasteiger partial charge on any atom is -0.353 e. The predicted octanol–water partition coefficient (Wildman–Crippen LogP) is 2.36. The Kier molecular flexibility index (Phi) is 3.50. The van der Waals surface area contributed by atoms with Crippen LogP contribution in [0.2, 0.25) is 0 Å². The molecule has 2 aromatic carbocycles. The van der Waals surface area contributed by atoms with Crippen LogP contribution in [0.25, 0.3) is 0 Å². The van der Waals surface area contributed by atoms with E-state index in [0.29, 0.717) is 5.69 Å². The Morgan fingerprint density at radius 3 is 2.16 bits per heavy atom. The average Bonchev–Trinajstić information content (AvgIpc) is 2.32. The molecule has 0 bridgehead atoms. The van der Waals surface area contributed by atoms with E-state index in [1.165, 1.54) is 30.3 Å². The molecule has 0 unspecified atom stereocenters. The first kappa shape index (κ1) is 13.4. The molecule has 0 aliphatic carbocycles. The van der Waals surface area contributed by atoms with Gasteiger partial charge in [-0.1, -0.05) is 0 Å². The summed E-state index contributed by atoms with van der Waals surface area (Å²) >= 11 is 0. The van der Waals surface area contributed by atoms with Gasteiger partial charge in [-0.25, -0.2) is 22.3 Å². The number of halogens is 2. The van der Waals surface area contributed by atoms with Crippen LogP contribution in [-0.2, 0) is 10.0 Å². The summed E-state index contributed by atoms with van der Waals surface area (Å²) in [5, 5.41) is 7.65. The summed E-state index contributed by atoms with van der Waals surface area (Å²) in [6, 6.07) is 8.56. The molecule has 0 heterocycles. The molecular weight excluding hydrogens is 274 g/mol. The quantitative estimate of drug-likeness (QED) is 0.908. The van der Waals surface area contributed by atoms with Gasteiger partial charge < -0.3 is 5.32 Å². The van der Waals surface area contributed by atoms with Crippen molar-refractivity contribution in [2.45, 2.75) is 4.90 Å². The Morgan fingerprint density at radius 1 is 1.00 bits per heavy atom. The van der Waals surface area contributed by atoms with Crippen molar-refractivity contribution in [3.05, 3.63) is 54.1 Å². The molecule has 2 aromatic rings. The summed E-state index contributed by atoms with van der Waals surface area (Å²) in [6.45, 7) is 0. The molecule has 0 aliphatic rings. The highest BCUT2D eigenvalue weighted by atomic mass is 32.2. The highest BCUT2D eigenvalue weighted by molar-refractivity contribution is 7.89. The van der Waals surface area contributed by atoms with E-state index in [1.54, 1.807) is 0 Å². The topological polar surface area (TPSA) is 72.2 Å². The highest BCUT2D eigenvalue weighted by Crippen LogP contribution is 2.21. The largest absolute Gasteiger partial charge is 0.353 e. The third-order valence-corrected chi connectivity index (χ3v) is 3.32. The second kappa shape index (κ2) is 4.94. The summed E-state index contributed by atoms with van der Waals surface area (Å²) in [7, 11) is -3.76. The Hall–Kier alpha value is -1.99. The first-order valence-corrected chi connectivity index (χ1v) is 6.76. The molecule has 4 nitrogen and oxygen atoms in total. The molecule has 19 heavy (non-hydrogen) atoms. The Bertz CT molecular complexity index is 700. The molecule has 0 aromatic heterocycles. The fourth-order valence-corrected chi connectivity index (χ4v) is 1.99. The van der Waals surface area contributed by atoms with Crippen LogP contribution in [0.3, 0.4) is 0 Å². The van der Waals surface area contributed by atoms with E-state index < -0.39 is 21.7 Å². The molecule has 100 valence electrons. The second-order valence-corrected chi connectivity index (χ2v) is 5.38. The van der Waals surface area contributed by atoms with Crippen LogP contribution in [0.4, 0.5) is 20.2 Å². The number of hydrogen-bond donors (Lipinski definition) is 2. The lowest BCUT2D eigenvalue weighted by Gasteiger charge is -2.08. The van der Waals surface area contributed by atoms with E-state index in [0.717, 1.165) is 12.1 Å². The molecule has 0 atom stereocenters. The number of benzene rings is 2. The molecule has 0 spiro atoms. The van der Waals surface area contributed by atoms with E-state index in [4.69, 9.17) is 5.14 Å². The second-order valence-electron chi connectivity index (χ2n) is 3.82. The first-order chi connectivity index (χ1) is 8.86. The highest BCUT2D eigenvalue weighted by Gasteiger charge is 2.08. The standard InChI is InChI=1S/C12H10F2N2O2S/c13-8-1-6-12(11(14)7-8)16-9-2-4-10(5-3-9)19(15,17)18/h1-7,16H,(H2,15,17,18). The van der Waals surface area contributed by atoms with Crippen LogP contribution < -0.4 is 10.5 Å². The normalized spacial score (nSPS) is 11.3. The van der Waals surface area contributed by atoms with Crippen molar-refractivity contribution in [3.8, 4) is 0 Å². The summed E-state index contributed by atoms with van der Waals surface area (Å²) in [5.74, 6) is -1.41. The summed E-state index contributed by atoms with van der Waals surface area (Å²) < 4.78 is 48.2. The molecule has 0 amide bonds. The van der Waals surface area contributed by atoms with Gasteiger partial charge in [0.15, 0.2) is 0 Å². The number of rotatable bonds is 3. The number of anilines is 2. The summed E-state index contributed by atoms with van der Waals surface area (Å²) in [4.78, 5) is -0.0439. The molecule has 0 aliphatic heterocycles. The smallest absolute Gasteiger partial charge is 0.238 e. The van der Waals surface area contributed by atoms with Gasteiger partial charge in [0, 0.05) is 11.8 Å². The predicted molar refractivity (Wildman–Crippen MR) is 67.5 cm³/mol. The van der Waals surface area contributed by atoms with Gasteiger partial charge in [0.1, 0.15) is 11.6 Å². The van der Waals surface area contributed by atoms with Crippen LogP contribution >= 0.6 is 0 Å². The molecule has 2 rings (SSSR count). The molecule has 0 saturated carbocycles. The van der Waals surface area contributed by atoms with E-state index in [2.05, 4.69) is 5.32 Å². The van der Waals surface area contributed by atoms with Crippen LogP contribution in [0.1, 0.15) is 0 Å². The van der Waals surface area contributed by atoms with Crippen LogP contribution in [0.5, 0.6) is 0 Å². The van der Waals surface area contributed by atoms with Crippen molar-refractivity contribution in [1.29, 1.82) is 0 Å². The van der Waals surface area contributed by atoms with Crippen LogP contribution in [0, 0.1) is 11.6 Å². The zero-order valence-electron chi connectivity index (χ0n) is 9.60. The van der Waals surface area contributed by atoms with Crippen molar-refractivity contribution in [2.24, 2.45) is 5.14 Å². The minimum absolute atomic E-state index is 0.0439. The van der Waals surface area contributed by atoms with Crippen molar-refractivity contribution < 1.29 is 17.2 Å². The number of nitrogens with one attached hydrogen (secondary N) is 1. The van der Waals surface area contributed by atoms with Crippen LogP contribution in [-0.4, -0.2) is 8.42 Å². The maximum Gasteiger partial charge on any atom is 0.238 e. The van der Waals surface area contributed by atoms with Gasteiger partial charge >= 0.3 is 0 Å². The van der Waals surface area contributed by atoms with Crippen molar-refractivity contribution in [3.63, 3.8) is 0 Å². The summed E-state index contributed by atoms with van der Waals surface area (Å²) in [6.07, 6.45) is 0. The van der Waals surface area contributed by atoms with Gasteiger partial charge in [0.25, 0.3) is 0 Å². The number of hydrogen-bond acceptors (Lipinski definition) is 3. The van der Waals surface area contributed by atoms with Gasteiger partial charge in [0.05, 0.1) is 10.6 Å². The van der Waals surface area contributed by atoms with Crippen molar-refractivity contribution in [1.82, 2.24) is 0 Å². The lowest BCUT2D eigenvalue weighted by Crippen LogP contribution is -2.11.